The van der Waals surface area contributed by atoms with Gasteiger partial charge in [0, 0.05) is 25.6 Å². The minimum absolute atomic E-state index is 0.131. The normalized spacial score (nSPS) is 20.4. The van der Waals surface area contributed by atoms with Gasteiger partial charge >= 0.3 is 0 Å². The zero-order valence-electron chi connectivity index (χ0n) is 15.7. The molecule has 0 saturated carbocycles. The molecule has 1 aliphatic carbocycles. The Balaban J connectivity index is 1.47. The van der Waals surface area contributed by atoms with E-state index in [-0.39, 0.29) is 23.3 Å². The van der Waals surface area contributed by atoms with Crippen LogP contribution >= 0.6 is 0 Å². The number of hydrogen-bond acceptors (Lipinski definition) is 3. The van der Waals surface area contributed by atoms with Gasteiger partial charge in [-0.2, -0.15) is 0 Å². The van der Waals surface area contributed by atoms with Gasteiger partial charge in [0.1, 0.15) is 11.6 Å². The Kier molecular flexibility index (Phi) is 6.48. The van der Waals surface area contributed by atoms with E-state index in [0.717, 1.165) is 45.2 Å². The van der Waals surface area contributed by atoms with Crippen LogP contribution in [0.5, 0.6) is 5.75 Å². The average molecular weight is 374 g/mol. The van der Waals surface area contributed by atoms with Crippen LogP contribution in [0, 0.1) is 17.7 Å². The summed E-state index contributed by atoms with van der Waals surface area (Å²) >= 11 is 0. The molecule has 0 spiro atoms. The highest BCUT2D eigenvalue weighted by atomic mass is 19.1. The second-order valence-electron chi connectivity index (χ2n) is 7.30. The fourth-order valence-electron chi connectivity index (χ4n) is 3.82. The Morgan fingerprint density at radius 3 is 2.67 bits per heavy atom. The van der Waals surface area contributed by atoms with Crippen LogP contribution in [0.3, 0.4) is 0 Å². The van der Waals surface area contributed by atoms with Crippen LogP contribution in [0.15, 0.2) is 30.4 Å². The summed E-state index contributed by atoms with van der Waals surface area (Å²) in [6.07, 6.45) is 8.78. The molecule has 1 fully saturated rings. The quantitative estimate of drug-likeness (QED) is 0.806. The van der Waals surface area contributed by atoms with Gasteiger partial charge in [-0.1, -0.05) is 12.2 Å². The predicted octanol–water partition coefficient (Wildman–Crippen LogP) is 3.16. The van der Waals surface area contributed by atoms with Crippen LogP contribution in [0.2, 0.25) is 0 Å². The summed E-state index contributed by atoms with van der Waals surface area (Å²) in [6.45, 7) is 2.00. The smallest absolute Gasteiger partial charge is 0.255 e. The zero-order valence-corrected chi connectivity index (χ0v) is 15.7. The lowest BCUT2D eigenvalue weighted by Gasteiger charge is -2.34. The molecule has 1 aliphatic heterocycles. The van der Waals surface area contributed by atoms with Crippen molar-refractivity contribution in [2.24, 2.45) is 11.8 Å². The summed E-state index contributed by atoms with van der Waals surface area (Å²) in [4.78, 5) is 26.9. The van der Waals surface area contributed by atoms with Gasteiger partial charge in [-0.15, -0.1) is 0 Å². The number of nitrogens with one attached hydrogen (secondary N) is 1. The summed E-state index contributed by atoms with van der Waals surface area (Å²) in [5, 5.41) is 2.88. The van der Waals surface area contributed by atoms with Crippen molar-refractivity contribution in [3.8, 4) is 5.75 Å². The average Bonchev–Trinajstić information content (AvgIpc) is 2.72. The largest absolute Gasteiger partial charge is 0.496 e. The molecular formula is C21H27FN2O3. The van der Waals surface area contributed by atoms with Crippen molar-refractivity contribution >= 4 is 11.8 Å². The highest BCUT2D eigenvalue weighted by molar-refractivity contribution is 5.96. The number of carbonyl (C=O) groups excluding carboxylic acids is 2. The van der Waals surface area contributed by atoms with E-state index in [1.807, 2.05) is 4.90 Å². The molecule has 0 bridgehead atoms. The molecule has 1 saturated heterocycles. The summed E-state index contributed by atoms with van der Waals surface area (Å²) in [5.74, 6) is 0.279. The van der Waals surface area contributed by atoms with Gasteiger partial charge in [0.25, 0.3) is 5.91 Å². The third-order valence-corrected chi connectivity index (χ3v) is 5.50. The third-order valence-electron chi connectivity index (χ3n) is 5.50. The molecular weight excluding hydrogens is 347 g/mol. The van der Waals surface area contributed by atoms with E-state index in [4.69, 9.17) is 4.74 Å². The first kappa shape index (κ1) is 19.4. The number of rotatable bonds is 5. The van der Waals surface area contributed by atoms with E-state index in [0.29, 0.717) is 18.2 Å². The Bertz CT molecular complexity index is 711. The van der Waals surface area contributed by atoms with E-state index in [2.05, 4.69) is 17.5 Å². The van der Waals surface area contributed by atoms with E-state index in [9.17, 15) is 14.0 Å². The maximum atomic E-state index is 13.4. The molecule has 0 aromatic heterocycles. The lowest BCUT2D eigenvalue weighted by molar-refractivity contribution is -0.137. The second kappa shape index (κ2) is 9.02. The molecule has 5 nitrogen and oxygen atoms in total. The van der Waals surface area contributed by atoms with E-state index >= 15 is 0 Å². The Labute approximate surface area is 159 Å². The van der Waals surface area contributed by atoms with Crippen LogP contribution in [-0.2, 0) is 4.79 Å². The van der Waals surface area contributed by atoms with Crippen LogP contribution in [0.25, 0.3) is 0 Å². The number of hydrogen-bond donors (Lipinski definition) is 1. The minimum Gasteiger partial charge on any atom is -0.496 e. The van der Waals surface area contributed by atoms with Crippen molar-refractivity contribution < 1.29 is 18.7 Å². The molecule has 6 heteroatoms. The third kappa shape index (κ3) is 4.87. The first-order valence-electron chi connectivity index (χ1n) is 9.64. The molecule has 27 heavy (non-hydrogen) atoms. The molecule has 3 rings (SSSR count). The number of ether oxygens (including phenoxy) is 1. The molecule has 1 heterocycles. The molecule has 1 unspecified atom stereocenters. The molecule has 1 aromatic rings. The lowest BCUT2D eigenvalue weighted by atomic mass is 9.91. The van der Waals surface area contributed by atoms with Crippen molar-refractivity contribution in [2.45, 2.75) is 32.1 Å². The summed E-state index contributed by atoms with van der Waals surface area (Å²) in [6, 6.07) is 3.91. The maximum Gasteiger partial charge on any atom is 0.255 e. The number of piperidine rings is 1. The highest BCUT2D eigenvalue weighted by Gasteiger charge is 2.28. The number of amides is 2. The number of nitrogens with zero attached hydrogens (tertiary/aromatic N) is 1. The van der Waals surface area contributed by atoms with Gasteiger partial charge in [-0.05, 0) is 56.2 Å². The van der Waals surface area contributed by atoms with Crippen molar-refractivity contribution in [3.63, 3.8) is 0 Å². The van der Waals surface area contributed by atoms with Crippen molar-refractivity contribution in [3.05, 3.63) is 41.7 Å². The van der Waals surface area contributed by atoms with Crippen LogP contribution in [0.4, 0.5) is 4.39 Å². The lowest BCUT2D eigenvalue weighted by Crippen LogP contribution is -2.44. The fourth-order valence-corrected chi connectivity index (χ4v) is 3.82. The molecule has 0 radical (unpaired) electrons. The molecule has 1 aromatic carbocycles. The predicted molar refractivity (Wildman–Crippen MR) is 101 cm³/mol. The van der Waals surface area contributed by atoms with Gasteiger partial charge < -0.3 is 15.0 Å². The fraction of sp³-hybridized carbons (Fsp3) is 0.524. The first-order valence-corrected chi connectivity index (χ1v) is 9.64. The standard InChI is InChI=1S/C21H27FN2O3/c1-27-19-8-7-17(22)13-18(19)20(25)23-14-15-9-11-24(12-10-15)21(26)16-5-3-2-4-6-16/h2-3,7-8,13,15-16H,4-6,9-12,14H2,1H3,(H,23,25). The Morgan fingerprint density at radius 2 is 2.00 bits per heavy atom. The first-order chi connectivity index (χ1) is 13.1. The van der Waals surface area contributed by atoms with Crippen LogP contribution < -0.4 is 10.1 Å². The highest BCUT2D eigenvalue weighted by Crippen LogP contribution is 2.24. The van der Waals surface area contributed by atoms with Gasteiger partial charge in [0.2, 0.25) is 5.91 Å². The van der Waals surface area contributed by atoms with Crippen molar-refractivity contribution in [2.75, 3.05) is 26.7 Å². The maximum absolute atomic E-state index is 13.4. The number of halogens is 1. The van der Waals surface area contributed by atoms with Gasteiger partial charge in [0.15, 0.2) is 0 Å². The van der Waals surface area contributed by atoms with Crippen LogP contribution in [-0.4, -0.2) is 43.5 Å². The number of carbonyl (C=O) groups is 2. The zero-order chi connectivity index (χ0) is 19.2. The van der Waals surface area contributed by atoms with Gasteiger partial charge in [-0.3, -0.25) is 9.59 Å². The minimum atomic E-state index is -0.467. The molecule has 146 valence electrons. The molecule has 2 aliphatic rings. The van der Waals surface area contributed by atoms with Gasteiger partial charge in [0.05, 0.1) is 12.7 Å². The number of allylic oxidation sites excluding steroid dienone is 2. The molecule has 2 amide bonds. The number of benzene rings is 1. The number of likely N-dealkylation sites (tertiary alicyclic amines) is 1. The Hall–Kier alpha value is -2.37. The van der Waals surface area contributed by atoms with Gasteiger partial charge in [-0.25, -0.2) is 4.39 Å². The topological polar surface area (TPSA) is 58.6 Å². The van der Waals surface area contributed by atoms with Crippen molar-refractivity contribution in [1.82, 2.24) is 10.2 Å². The van der Waals surface area contributed by atoms with E-state index in [1.54, 1.807) is 0 Å². The SMILES string of the molecule is COc1ccc(F)cc1C(=O)NCC1CCN(C(=O)C2CC=CCC2)CC1. The van der Waals surface area contributed by atoms with E-state index in [1.165, 1.54) is 25.3 Å². The van der Waals surface area contributed by atoms with E-state index < -0.39 is 5.82 Å². The summed E-state index contributed by atoms with van der Waals surface area (Å²) in [7, 11) is 1.46. The summed E-state index contributed by atoms with van der Waals surface area (Å²) < 4.78 is 18.6. The Morgan fingerprint density at radius 1 is 1.22 bits per heavy atom. The van der Waals surface area contributed by atoms with Crippen LogP contribution in [0.1, 0.15) is 42.5 Å². The second-order valence-corrected chi connectivity index (χ2v) is 7.30. The monoisotopic (exact) mass is 374 g/mol. The van der Waals surface area contributed by atoms with Crippen molar-refractivity contribution in [1.29, 1.82) is 0 Å². The summed E-state index contributed by atoms with van der Waals surface area (Å²) in [5.41, 5.74) is 0.204. The molecule has 1 N–H and O–H groups in total. The molecule has 1 atom stereocenters. The number of methoxy groups -OCH3 is 1.